The van der Waals surface area contributed by atoms with E-state index < -0.39 is 25.9 Å². The molecule has 0 aliphatic heterocycles. The Balaban J connectivity index is 0.00000204. The third kappa shape index (κ3) is 6.71. The molecule has 1 aliphatic rings. The van der Waals surface area contributed by atoms with Crippen LogP contribution in [-0.4, -0.2) is 11.9 Å². The van der Waals surface area contributed by atoms with Crippen LogP contribution in [0.4, 0.5) is 0 Å². The average Bonchev–Trinajstić information content (AvgIpc) is 3.25. The van der Waals surface area contributed by atoms with Gasteiger partial charge in [-0.05, 0) is 0 Å². The third-order valence-corrected chi connectivity index (χ3v) is 12.1. The normalized spacial score (nSPS) is 12.6. The molecule has 5 heteroatoms. The van der Waals surface area contributed by atoms with Gasteiger partial charge in [-0.3, -0.25) is 0 Å². The van der Waals surface area contributed by atoms with Crippen molar-refractivity contribution in [3.05, 3.63) is 122 Å². The van der Waals surface area contributed by atoms with Gasteiger partial charge in [0.1, 0.15) is 0 Å². The van der Waals surface area contributed by atoms with E-state index in [0.717, 1.165) is 12.2 Å². The number of benzene rings is 3. The molecule has 0 atom stereocenters. The molecule has 0 N–H and O–H groups in total. The molecule has 4 rings (SSSR count). The van der Waals surface area contributed by atoms with Crippen molar-refractivity contribution in [1.29, 1.82) is 0 Å². The van der Waals surface area contributed by atoms with E-state index in [1.165, 1.54) is 26.1 Å². The van der Waals surface area contributed by atoms with Crippen molar-refractivity contribution in [2.45, 2.75) is 39.9 Å². The SMILES string of the molecule is Cc1cc(C)cc([O][Ti]([C]2=C([Si](C)(C)C)C=CC2)=[C](c2ccccc2)c2ccccc2)c1.Cl.Cl. The Bertz CT molecular complexity index is 1150. The van der Waals surface area contributed by atoms with Crippen molar-refractivity contribution >= 4 is 36.7 Å². The molecule has 0 amide bonds. The van der Waals surface area contributed by atoms with Gasteiger partial charge in [-0.25, -0.2) is 0 Å². The molecule has 0 unspecified atom stereocenters. The minimum Gasteiger partial charge on any atom is -0.147 e. The number of hydrogen-bond donors (Lipinski definition) is 0. The quantitative estimate of drug-likeness (QED) is 0.283. The Kier molecular flexibility index (Phi) is 10.4. The summed E-state index contributed by atoms with van der Waals surface area (Å²) >= 11 is -2.39. The fourth-order valence-electron chi connectivity index (χ4n) is 4.43. The maximum atomic E-state index is 7.11. The van der Waals surface area contributed by atoms with Crippen LogP contribution < -0.4 is 3.32 Å². The molecule has 0 radical (unpaired) electrons. The summed E-state index contributed by atoms with van der Waals surface area (Å²) in [5, 5.41) is 1.58. The van der Waals surface area contributed by atoms with E-state index in [1.807, 2.05) is 0 Å². The second kappa shape index (κ2) is 12.3. The fraction of sp³-hybridized carbons (Fsp3) is 0.207. The van der Waals surface area contributed by atoms with Crippen molar-refractivity contribution in [3.63, 3.8) is 0 Å². The molecule has 3 aromatic carbocycles. The van der Waals surface area contributed by atoms with E-state index in [-0.39, 0.29) is 24.8 Å². The van der Waals surface area contributed by atoms with Crippen LogP contribution >= 0.6 is 24.8 Å². The van der Waals surface area contributed by atoms with E-state index >= 15 is 0 Å². The number of hydrogen-bond acceptors (Lipinski definition) is 1. The minimum absolute atomic E-state index is 0. The topological polar surface area (TPSA) is 9.23 Å². The summed E-state index contributed by atoms with van der Waals surface area (Å²) in [6.07, 6.45) is 5.77. The van der Waals surface area contributed by atoms with Gasteiger partial charge >= 0.3 is 201 Å². The second-order valence-corrected chi connectivity index (χ2v) is 17.7. The summed E-state index contributed by atoms with van der Waals surface area (Å²) in [5.41, 5.74) is 5.07. The monoisotopic (exact) mass is 544 g/mol. The summed E-state index contributed by atoms with van der Waals surface area (Å²) in [7, 11) is -1.50. The molecule has 0 bridgehead atoms. The van der Waals surface area contributed by atoms with E-state index in [2.05, 4.69) is 125 Å². The molecule has 0 aromatic heterocycles. The smallest absolute Gasteiger partial charge is 0.147 e. The zero-order valence-electron chi connectivity index (χ0n) is 20.6. The maximum Gasteiger partial charge on any atom is -0.147 e. The van der Waals surface area contributed by atoms with Crippen LogP contribution in [0.2, 0.25) is 19.6 Å². The number of aryl methyl sites for hydroxylation is 2. The number of halogens is 2. The molecule has 0 saturated carbocycles. The van der Waals surface area contributed by atoms with Crippen LogP contribution in [-0.2, 0) is 17.8 Å². The first kappa shape index (κ1) is 28.6. The molecule has 0 saturated heterocycles. The minimum atomic E-state index is -2.39. The Labute approximate surface area is 224 Å². The van der Waals surface area contributed by atoms with Crippen molar-refractivity contribution in [2.24, 2.45) is 0 Å². The first-order valence-electron chi connectivity index (χ1n) is 11.3. The summed E-state index contributed by atoms with van der Waals surface area (Å²) in [5.74, 6) is 1.01. The molecule has 3 aromatic rings. The van der Waals surface area contributed by atoms with Crippen molar-refractivity contribution < 1.29 is 21.1 Å². The number of allylic oxidation sites excluding steroid dienone is 4. The standard InChI is InChI=1S/C13H10.C8H10O.C8H13Si.2ClH.Ti/c1-3-7-12(8-4-1)11-13-9-5-2-6-10-13;1-6-3-7(2)5-8(9)4-6;1-9(2,3)8-6-4-5-7-8;;;/h1-10H;3-5,9H,1-2H3;4,6H,5H2,1-3H3;2*1H;/q;;;;;+1/p-1. The van der Waals surface area contributed by atoms with Gasteiger partial charge in [-0.1, -0.05) is 0 Å². The van der Waals surface area contributed by atoms with Crippen LogP contribution in [0.3, 0.4) is 0 Å². The third-order valence-electron chi connectivity index (χ3n) is 5.78. The van der Waals surface area contributed by atoms with Gasteiger partial charge in [-0.15, -0.1) is 24.8 Å². The van der Waals surface area contributed by atoms with Gasteiger partial charge in [0, 0.05) is 0 Å². The van der Waals surface area contributed by atoms with Gasteiger partial charge in [0.15, 0.2) is 0 Å². The first-order valence-corrected chi connectivity index (χ1v) is 17.0. The van der Waals surface area contributed by atoms with E-state index in [4.69, 9.17) is 3.32 Å². The summed E-state index contributed by atoms with van der Waals surface area (Å²) < 4.78 is 10.1. The van der Waals surface area contributed by atoms with E-state index in [1.54, 1.807) is 9.07 Å². The Hall–Kier alpha value is -1.68. The predicted molar refractivity (Wildman–Crippen MR) is 151 cm³/mol. The van der Waals surface area contributed by atoms with Gasteiger partial charge in [-0.2, -0.15) is 0 Å². The van der Waals surface area contributed by atoms with E-state index in [0.29, 0.717) is 0 Å². The van der Waals surface area contributed by atoms with Gasteiger partial charge in [0.25, 0.3) is 0 Å². The predicted octanol–water partition coefficient (Wildman–Crippen LogP) is 8.42. The second-order valence-electron chi connectivity index (χ2n) is 9.61. The maximum absolute atomic E-state index is 7.11. The largest absolute Gasteiger partial charge is 0.147 e. The molecule has 0 fully saturated rings. The summed E-state index contributed by atoms with van der Waals surface area (Å²) in [6.45, 7) is 11.7. The Morgan fingerprint density at radius 3 is 1.74 bits per heavy atom. The number of rotatable bonds is 6. The summed E-state index contributed by atoms with van der Waals surface area (Å²) in [6, 6.07) is 28.4. The molecule has 34 heavy (non-hydrogen) atoms. The van der Waals surface area contributed by atoms with E-state index in [9.17, 15) is 0 Å². The molecular formula is C29H34Cl2OSiTi. The fourth-order valence-corrected chi connectivity index (χ4v) is 12.0. The molecule has 0 heterocycles. The van der Waals surface area contributed by atoms with Crippen LogP contribution in [0.5, 0.6) is 5.75 Å². The molecule has 178 valence electrons. The molecule has 0 spiro atoms. The van der Waals surface area contributed by atoms with Crippen LogP contribution in [0.1, 0.15) is 28.7 Å². The van der Waals surface area contributed by atoms with Gasteiger partial charge < -0.3 is 0 Å². The van der Waals surface area contributed by atoms with Gasteiger partial charge in [0.2, 0.25) is 0 Å². The Morgan fingerprint density at radius 2 is 1.26 bits per heavy atom. The molecular weight excluding hydrogens is 511 g/mol. The molecule has 1 aliphatic carbocycles. The first-order chi connectivity index (χ1) is 15.3. The average molecular weight is 545 g/mol. The van der Waals surface area contributed by atoms with Crippen LogP contribution in [0.15, 0.2) is 100 Å². The Morgan fingerprint density at radius 1 is 0.765 bits per heavy atom. The van der Waals surface area contributed by atoms with Crippen molar-refractivity contribution in [1.82, 2.24) is 0 Å². The van der Waals surface area contributed by atoms with Crippen molar-refractivity contribution in [3.8, 4) is 5.75 Å². The molecule has 1 nitrogen and oxygen atoms in total. The van der Waals surface area contributed by atoms with Gasteiger partial charge in [0.05, 0.1) is 0 Å². The van der Waals surface area contributed by atoms with Crippen LogP contribution in [0, 0.1) is 13.8 Å². The zero-order valence-corrected chi connectivity index (χ0v) is 24.8. The zero-order chi connectivity index (χ0) is 22.7. The van der Waals surface area contributed by atoms with Crippen molar-refractivity contribution in [2.75, 3.05) is 0 Å². The van der Waals surface area contributed by atoms with Crippen LogP contribution in [0.25, 0.3) is 0 Å². The summed E-state index contributed by atoms with van der Waals surface area (Å²) in [4.78, 5) is 0.